The van der Waals surface area contributed by atoms with Gasteiger partial charge in [-0.15, -0.1) is 23.1 Å². The molecule has 1 aliphatic heterocycles. The maximum absolute atomic E-state index is 10.4. The Morgan fingerprint density at radius 2 is 2.00 bits per heavy atom. The Bertz CT molecular complexity index is 803. The summed E-state index contributed by atoms with van der Waals surface area (Å²) in [4.78, 5) is 4.49. The summed E-state index contributed by atoms with van der Waals surface area (Å²) < 4.78 is 6.83. The molecule has 0 radical (unpaired) electrons. The Balaban J connectivity index is 1.76. The van der Waals surface area contributed by atoms with Crippen LogP contribution < -0.4 is 0 Å². The van der Waals surface area contributed by atoms with Gasteiger partial charge < -0.3 is 25.2 Å². The van der Waals surface area contributed by atoms with Gasteiger partial charge in [-0.2, -0.15) is 0 Å². The number of ether oxygens (including phenoxy) is 1. The van der Waals surface area contributed by atoms with Crippen molar-refractivity contribution in [2.45, 2.75) is 60.9 Å². The summed E-state index contributed by atoms with van der Waals surface area (Å²) in [6.07, 6.45) is -1.16. The number of thioether (sulfide) groups is 1. The zero-order valence-electron chi connectivity index (χ0n) is 16.1. The van der Waals surface area contributed by atoms with E-state index < -0.39 is 37.1 Å². The van der Waals surface area contributed by atoms with Crippen LogP contribution in [0.1, 0.15) is 42.0 Å². The summed E-state index contributed by atoms with van der Waals surface area (Å²) in [6, 6.07) is 5.25. The first kappa shape index (κ1) is 23.0. The monoisotopic (exact) mass is 459 g/mol. The van der Waals surface area contributed by atoms with E-state index in [1.807, 2.05) is 12.3 Å². The number of thiazole rings is 1. The fourth-order valence-corrected chi connectivity index (χ4v) is 5.60. The highest BCUT2D eigenvalue weighted by Crippen LogP contribution is 2.35. The second-order valence-electron chi connectivity index (χ2n) is 7.05. The Labute approximate surface area is 183 Å². The molecule has 5 atom stereocenters. The number of hydrogen-bond donors (Lipinski definition) is 4. The molecule has 0 amide bonds. The van der Waals surface area contributed by atoms with Gasteiger partial charge in [-0.05, 0) is 29.4 Å². The third-order valence-corrected chi connectivity index (χ3v) is 7.55. The number of unbranched alkanes of at least 4 members (excludes halogenated alkanes) is 1. The predicted octanol–water partition coefficient (Wildman–Crippen LogP) is 2.79. The molecule has 1 saturated heterocycles. The van der Waals surface area contributed by atoms with E-state index >= 15 is 0 Å². The molecule has 0 saturated carbocycles. The summed E-state index contributed by atoms with van der Waals surface area (Å²) >= 11 is 9.82. The lowest BCUT2D eigenvalue weighted by Gasteiger charge is -2.40. The highest BCUT2D eigenvalue weighted by Gasteiger charge is 2.44. The van der Waals surface area contributed by atoms with Crippen LogP contribution in [-0.2, 0) is 11.2 Å². The normalized spacial score (nSPS) is 27.3. The molecule has 6 nitrogen and oxygen atoms in total. The zero-order valence-corrected chi connectivity index (χ0v) is 18.5. The van der Waals surface area contributed by atoms with Crippen molar-refractivity contribution in [2.24, 2.45) is 0 Å². The van der Waals surface area contributed by atoms with Gasteiger partial charge in [-0.25, -0.2) is 4.98 Å². The number of hydrogen-bond acceptors (Lipinski definition) is 8. The van der Waals surface area contributed by atoms with E-state index in [0.29, 0.717) is 17.0 Å². The molecule has 1 aromatic carbocycles. The number of aliphatic hydroxyl groups is 4. The van der Waals surface area contributed by atoms with Crippen molar-refractivity contribution in [1.82, 2.24) is 4.98 Å². The van der Waals surface area contributed by atoms with Crippen LogP contribution in [0.3, 0.4) is 0 Å². The van der Waals surface area contributed by atoms with Crippen LogP contribution in [0.15, 0.2) is 28.6 Å². The first-order valence-corrected chi connectivity index (χ1v) is 11.8. The standard InChI is InChI=1S/C20H26ClNO5S2/c1-2-3-6-28-16-9-22-15(29-16)8-12-7-11(4-5-13(12)21)20-19(26)18(25)17(24)14(10-23)27-20/h4-5,7,9,14,17-20,23-26H,2-3,6,8,10H2,1H3/t14?,17?,18-,19+,20-/m0/s1. The lowest BCUT2D eigenvalue weighted by molar-refractivity contribution is -0.231. The van der Waals surface area contributed by atoms with Crippen molar-refractivity contribution in [3.05, 3.63) is 45.6 Å². The highest BCUT2D eigenvalue weighted by atomic mass is 35.5. The van der Waals surface area contributed by atoms with Crippen LogP contribution in [0.5, 0.6) is 0 Å². The summed E-state index contributed by atoms with van der Waals surface area (Å²) in [5.41, 5.74) is 1.45. The molecule has 1 aromatic heterocycles. The van der Waals surface area contributed by atoms with Gasteiger partial charge in [-0.3, -0.25) is 0 Å². The van der Waals surface area contributed by atoms with E-state index in [1.165, 1.54) is 17.1 Å². The second-order valence-corrected chi connectivity index (χ2v) is 9.97. The molecule has 1 fully saturated rings. The second kappa shape index (κ2) is 10.5. The van der Waals surface area contributed by atoms with E-state index in [-0.39, 0.29) is 0 Å². The number of aliphatic hydroxyl groups excluding tert-OH is 4. The maximum atomic E-state index is 10.4. The molecule has 0 spiro atoms. The molecular weight excluding hydrogens is 434 g/mol. The summed E-state index contributed by atoms with van der Waals surface area (Å²) in [7, 11) is 0. The van der Waals surface area contributed by atoms with Gasteiger partial charge in [0.25, 0.3) is 0 Å². The number of benzene rings is 1. The fourth-order valence-electron chi connectivity index (χ4n) is 3.21. The Hall–Kier alpha value is -0.710. The zero-order chi connectivity index (χ0) is 21.0. The fraction of sp³-hybridized carbons (Fsp3) is 0.550. The molecule has 1 aliphatic rings. The van der Waals surface area contributed by atoms with E-state index in [2.05, 4.69) is 11.9 Å². The minimum absolute atomic E-state index is 0.459. The van der Waals surface area contributed by atoms with Crippen LogP contribution in [0.25, 0.3) is 0 Å². The van der Waals surface area contributed by atoms with Crippen LogP contribution >= 0.6 is 34.7 Å². The molecule has 3 rings (SSSR count). The van der Waals surface area contributed by atoms with Crippen molar-refractivity contribution in [1.29, 1.82) is 0 Å². The SMILES string of the molecule is CCCCSc1cnc(Cc2cc([C@@H]3OC(CO)C(O)[C@H](O)[C@H]3O)ccc2Cl)s1. The topological polar surface area (TPSA) is 103 Å². The highest BCUT2D eigenvalue weighted by molar-refractivity contribution is 8.01. The predicted molar refractivity (Wildman–Crippen MR) is 115 cm³/mol. The van der Waals surface area contributed by atoms with Gasteiger partial charge in [-0.1, -0.05) is 37.1 Å². The van der Waals surface area contributed by atoms with E-state index in [9.17, 15) is 20.4 Å². The van der Waals surface area contributed by atoms with Crippen molar-refractivity contribution in [3.63, 3.8) is 0 Å². The lowest BCUT2D eigenvalue weighted by atomic mass is 9.90. The van der Waals surface area contributed by atoms with Crippen LogP contribution in [0.4, 0.5) is 0 Å². The van der Waals surface area contributed by atoms with Gasteiger partial charge in [0.2, 0.25) is 0 Å². The number of halogens is 1. The van der Waals surface area contributed by atoms with Crippen LogP contribution in [0, 0.1) is 0 Å². The average molecular weight is 460 g/mol. The molecule has 2 heterocycles. The quantitative estimate of drug-likeness (QED) is 0.355. The molecule has 0 bridgehead atoms. The Morgan fingerprint density at radius 1 is 1.21 bits per heavy atom. The average Bonchev–Trinajstić information content (AvgIpc) is 3.16. The lowest BCUT2D eigenvalue weighted by Crippen LogP contribution is -2.55. The van der Waals surface area contributed by atoms with Gasteiger partial charge >= 0.3 is 0 Å². The van der Waals surface area contributed by atoms with Crippen LogP contribution in [-0.4, -0.2) is 62.2 Å². The van der Waals surface area contributed by atoms with E-state index in [1.54, 1.807) is 35.2 Å². The smallest absolute Gasteiger partial charge is 0.113 e. The summed E-state index contributed by atoms with van der Waals surface area (Å²) in [6.45, 7) is 1.71. The molecular formula is C20H26ClNO5S2. The van der Waals surface area contributed by atoms with E-state index in [0.717, 1.165) is 16.3 Å². The Kier molecular flexibility index (Phi) is 8.35. The van der Waals surface area contributed by atoms with Crippen molar-refractivity contribution < 1.29 is 25.2 Å². The molecule has 2 unspecified atom stereocenters. The van der Waals surface area contributed by atoms with Gasteiger partial charge in [0.15, 0.2) is 0 Å². The molecule has 2 aromatic rings. The third kappa shape index (κ3) is 5.51. The van der Waals surface area contributed by atoms with Gasteiger partial charge in [0, 0.05) is 11.4 Å². The maximum Gasteiger partial charge on any atom is 0.113 e. The Morgan fingerprint density at radius 3 is 2.72 bits per heavy atom. The van der Waals surface area contributed by atoms with E-state index in [4.69, 9.17) is 16.3 Å². The number of aromatic nitrogens is 1. The van der Waals surface area contributed by atoms with Crippen LogP contribution in [0.2, 0.25) is 5.02 Å². The molecule has 4 N–H and O–H groups in total. The van der Waals surface area contributed by atoms with Crippen molar-refractivity contribution in [3.8, 4) is 0 Å². The summed E-state index contributed by atoms with van der Waals surface area (Å²) in [5.74, 6) is 1.07. The largest absolute Gasteiger partial charge is 0.394 e. The first-order valence-electron chi connectivity index (χ1n) is 9.61. The van der Waals surface area contributed by atoms with Gasteiger partial charge in [0.1, 0.15) is 30.5 Å². The molecule has 0 aliphatic carbocycles. The van der Waals surface area contributed by atoms with Crippen molar-refractivity contribution >= 4 is 34.7 Å². The minimum Gasteiger partial charge on any atom is -0.394 e. The number of nitrogens with zero attached hydrogens (tertiary/aromatic N) is 1. The molecule has 9 heteroatoms. The minimum atomic E-state index is -1.41. The van der Waals surface area contributed by atoms with Gasteiger partial charge in [0.05, 0.1) is 22.0 Å². The molecule has 29 heavy (non-hydrogen) atoms. The molecule has 160 valence electrons. The first-order chi connectivity index (χ1) is 13.9. The third-order valence-electron chi connectivity index (χ3n) is 4.91. The number of rotatable bonds is 8. The van der Waals surface area contributed by atoms with Crippen molar-refractivity contribution in [2.75, 3.05) is 12.4 Å². The summed E-state index contributed by atoms with van der Waals surface area (Å²) in [5, 5.41) is 41.3.